The number of hydrogen-bond acceptors (Lipinski definition) is 4. The van der Waals surface area contributed by atoms with Crippen LogP contribution in [0.25, 0.3) is 0 Å². The fourth-order valence-electron chi connectivity index (χ4n) is 1.89. The molecule has 2 atom stereocenters. The Balaban J connectivity index is 2.13. The van der Waals surface area contributed by atoms with Gasteiger partial charge in [-0.15, -0.1) is 11.3 Å². The zero-order chi connectivity index (χ0) is 10.0. The third-order valence-corrected chi connectivity index (χ3v) is 3.53. The number of thiazole rings is 1. The molecule has 0 radical (unpaired) electrons. The minimum absolute atomic E-state index is 0.0888. The van der Waals surface area contributed by atoms with E-state index in [1.165, 1.54) is 6.42 Å². The molecule has 1 aromatic heterocycles. The molecule has 1 aliphatic heterocycles. The van der Waals surface area contributed by atoms with Crippen molar-refractivity contribution in [2.75, 3.05) is 6.61 Å². The first kappa shape index (κ1) is 10.1. The molecule has 78 valence electrons. The molecule has 0 amide bonds. The molecule has 4 heteroatoms. The first-order chi connectivity index (χ1) is 6.72. The second kappa shape index (κ2) is 3.96. The van der Waals surface area contributed by atoms with Gasteiger partial charge in [0.15, 0.2) is 0 Å². The van der Waals surface area contributed by atoms with Gasteiger partial charge >= 0.3 is 0 Å². The Labute approximate surface area is 88.3 Å². The number of hydrogen-bond donors (Lipinski definition) is 1. The molecule has 14 heavy (non-hydrogen) atoms. The van der Waals surface area contributed by atoms with E-state index < -0.39 is 0 Å². The highest BCUT2D eigenvalue weighted by Gasteiger charge is 2.36. The van der Waals surface area contributed by atoms with Crippen LogP contribution in [0.3, 0.4) is 0 Å². The van der Waals surface area contributed by atoms with Crippen LogP contribution in [0, 0.1) is 0 Å². The lowest BCUT2D eigenvalue weighted by Gasteiger charge is -2.38. The van der Waals surface area contributed by atoms with Gasteiger partial charge in [-0.25, -0.2) is 4.98 Å². The van der Waals surface area contributed by atoms with Gasteiger partial charge < -0.3 is 10.5 Å². The van der Waals surface area contributed by atoms with Gasteiger partial charge in [0, 0.05) is 12.0 Å². The molecule has 0 aliphatic carbocycles. The van der Waals surface area contributed by atoms with E-state index in [-0.39, 0.29) is 11.6 Å². The van der Waals surface area contributed by atoms with Crippen molar-refractivity contribution in [3.8, 4) is 0 Å². The lowest BCUT2D eigenvalue weighted by molar-refractivity contribution is -0.0827. The minimum atomic E-state index is -0.216. The molecule has 3 nitrogen and oxygen atoms in total. The van der Waals surface area contributed by atoms with E-state index in [9.17, 15) is 0 Å². The SMILES string of the molecule is CC1(C(N)c2cscn2)CCCCO1. The molecule has 0 bridgehead atoms. The van der Waals surface area contributed by atoms with Gasteiger partial charge in [-0.1, -0.05) is 0 Å². The summed E-state index contributed by atoms with van der Waals surface area (Å²) >= 11 is 1.58. The van der Waals surface area contributed by atoms with Crippen LogP contribution in [0.2, 0.25) is 0 Å². The molecule has 0 aromatic carbocycles. The minimum Gasteiger partial charge on any atom is -0.373 e. The van der Waals surface area contributed by atoms with E-state index in [1.54, 1.807) is 11.3 Å². The molecule has 2 heterocycles. The van der Waals surface area contributed by atoms with Crippen molar-refractivity contribution in [2.45, 2.75) is 37.8 Å². The highest BCUT2D eigenvalue weighted by atomic mass is 32.1. The van der Waals surface area contributed by atoms with Gasteiger partial charge in [0.25, 0.3) is 0 Å². The number of nitrogens with zero attached hydrogens (tertiary/aromatic N) is 1. The standard InChI is InChI=1S/C10H16N2OS/c1-10(4-2-3-5-13-10)9(11)8-6-14-7-12-8/h6-7,9H,2-5,11H2,1H3. The van der Waals surface area contributed by atoms with Crippen LogP contribution in [0.5, 0.6) is 0 Å². The summed E-state index contributed by atoms with van der Waals surface area (Å²) < 4.78 is 5.79. The number of ether oxygens (including phenoxy) is 1. The normalized spacial score (nSPS) is 30.1. The predicted octanol–water partition coefficient (Wildman–Crippen LogP) is 2.10. The molecule has 2 unspecified atom stereocenters. The first-order valence-corrected chi connectivity index (χ1v) is 5.94. The third-order valence-electron chi connectivity index (χ3n) is 2.93. The van der Waals surface area contributed by atoms with Crippen LogP contribution < -0.4 is 5.73 Å². The number of nitrogens with two attached hydrogens (primary N) is 1. The first-order valence-electron chi connectivity index (χ1n) is 5.00. The molecule has 1 aliphatic rings. The molecular weight excluding hydrogens is 196 g/mol. The van der Waals surface area contributed by atoms with E-state index >= 15 is 0 Å². The van der Waals surface area contributed by atoms with Crippen LogP contribution >= 0.6 is 11.3 Å². The van der Waals surface area contributed by atoms with Crippen LogP contribution in [0.15, 0.2) is 10.9 Å². The largest absolute Gasteiger partial charge is 0.373 e. The van der Waals surface area contributed by atoms with Crippen LogP contribution in [-0.2, 0) is 4.74 Å². The summed E-state index contributed by atoms with van der Waals surface area (Å²) in [5.74, 6) is 0. The topological polar surface area (TPSA) is 48.1 Å². The van der Waals surface area contributed by atoms with E-state index in [2.05, 4.69) is 11.9 Å². The third kappa shape index (κ3) is 1.82. The Kier molecular flexibility index (Phi) is 2.85. The van der Waals surface area contributed by atoms with Gasteiger partial charge in [-0.3, -0.25) is 0 Å². The molecule has 2 rings (SSSR count). The van der Waals surface area contributed by atoms with Crippen molar-refractivity contribution in [1.82, 2.24) is 4.98 Å². The molecule has 2 N–H and O–H groups in total. The molecule has 1 fully saturated rings. The zero-order valence-corrected chi connectivity index (χ0v) is 9.22. The predicted molar refractivity (Wildman–Crippen MR) is 57.3 cm³/mol. The van der Waals surface area contributed by atoms with Gasteiger partial charge in [0.05, 0.1) is 22.8 Å². The lowest BCUT2D eigenvalue weighted by atomic mass is 9.87. The Bertz CT molecular complexity index is 280. The maximum atomic E-state index is 6.17. The van der Waals surface area contributed by atoms with Crippen molar-refractivity contribution in [1.29, 1.82) is 0 Å². The monoisotopic (exact) mass is 212 g/mol. The van der Waals surface area contributed by atoms with Crippen molar-refractivity contribution in [3.05, 3.63) is 16.6 Å². The van der Waals surface area contributed by atoms with Crippen LogP contribution in [0.1, 0.15) is 37.9 Å². The quantitative estimate of drug-likeness (QED) is 0.816. The van der Waals surface area contributed by atoms with Crippen LogP contribution in [0.4, 0.5) is 0 Å². The average Bonchev–Trinajstić information content (AvgIpc) is 2.70. The maximum Gasteiger partial charge on any atom is 0.0861 e. The summed E-state index contributed by atoms with van der Waals surface area (Å²) in [6.07, 6.45) is 3.39. The molecule has 1 saturated heterocycles. The lowest BCUT2D eigenvalue weighted by Crippen LogP contribution is -2.43. The highest BCUT2D eigenvalue weighted by molar-refractivity contribution is 7.07. The van der Waals surface area contributed by atoms with Gasteiger partial charge in [-0.05, 0) is 26.2 Å². The smallest absolute Gasteiger partial charge is 0.0861 e. The Hall–Kier alpha value is -0.450. The van der Waals surface area contributed by atoms with Crippen LogP contribution in [-0.4, -0.2) is 17.2 Å². The summed E-state index contributed by atoms with van der Waals surface area (Å²) in [4.78, 5) is 4.25. The zero-order valence-electron chi connectivity index (χ0n) is 8.40. The second-order valence-electron chi connectivity index (χ2n) is 4.01. The summed E-state index contributed by atoms with van der Waals surface area (Å²) in [5.41, 5.74) is 8.73. The molecule has 0 spiro atoms. The Morgan fingerprint density at radius 2 is 2.50 bits per heavy atom. The van der Waals surface area contributed by atoms with Crippen molar-refractivity contribution >= 4 is 11.3 Å². The summed E-state index contributed by atoms with van der Waals surface area (Å²) in [5, 5.41) is 2.01. The van der Waals surface area contributed by atoms with E-state index in [0.29, 0.717) is 0 Å². The van der Waals surface area contributed by atoms with E-state index in [1.807, 2.05) is 10.9 Å². The molecular formula is C10H16N2OS. The van der Waals surface area contributed by atoms with Crippen molar-refractivity contribution < 1.29 is 4.74 Å². The summed E-state index contributed by atoms with van der Waals surface area (Å²) in [6.45, 7) is 2.92. The summed E-state index contributed by atoms with van der Waals surface area (Å²) in [7, 11) is 0. The highest BCUT2D eigenvalue weighted by Crippen LogP contribution is 2.34. The summed E-state index contributed by atoms with van der Waals surface area (Å²) in [6, 6.07) is -0.0888. The Morgan fingerprint density at radius 1 is 1.64 bits per heavy atom. The second-order valence-corrected chi connectivity index (χ2v) is 4.73. The van der Waals surface area contributed by atoms with Crippen molar-refractivity contribution in [3.63, 3.8) is 0 Å². The molecule has 0 saturated carbocycles. The van der Waals surface area contributed by atoms with Gasteiger partial charge in [0.2, 0.25) is 0 Å². The molecule has 1 aromatic rings. The van der Waals surface area contributed by atoms with Gasteiger partial charge in [0.1, 0.15) is 0 Å². The average molecular weight is 212 g/mol. The fraction of sp³-hybridized carbons (Fsp3) is 0.700. The van der Waals surface area contributed by atoms with Crippen molar-refractivity contribution in [2.24, 2.45) is 5.73 Å². The Morgan fingerprint density at radius 3 is 3.07 bits per heavy atom. The number of rotatable bonds is 2. The van der Waals surface area contributed by atoms with E-state index in [4.69, 9.17) is 10.5 Å². The van der Waals surface area contributed by atoms with E-state index in [0.717, 1.165) is 25.1 Å². The van der Waals surface area contributed by atoms with Gasteiger partial charge in [-0.2, -0.15) is 0 Å². The fourth-order valence-corrected chi connectivity index (χ4v) is 2.48. The maximum absolute atomic E-state index is 6.17. The number of aromatic nitrogens is 1.